The minimum atomic E-state index is -0.855. The predicted octanol–water partition coefficient (Wildman–Crippen LogP) is 3.12. The normalized spacial score (nSPS) is 19.9. The van der Waals surface area contributed by atoms with E-state index in [1.54, 1.807) is 11.8 Å². The number of carboxylic acid groups (broad SMARTS) is 1. The number of rotatable bonds is 7. The lowest BCUT2D eigenvalue weighted by atomic mass is 9.90. The number of likely N-dealkylation sites (tertiary alicyclic amines) is 1. The molecule has 1 unspecified atom stereocenters. The van der Waals surface area contributed by atoms with Gasteiger partial charge in [0.25, 0.3) is 0 Å². The number of amides is 2. The van der Waals surface area contributed by atoms with Crippen LogP contribution in [0.1, 0.15) is 39.2 Å². The molecule has 0 aromatic heterocycles. The van der Waals surface area contributed by atoms with E-state index in [-0.39, 0.29) is 12.6 Å². The Labute approximate surface area is 149 Å². The summed E-state index contributed by atoms with van der Waals surface area (Å²) in [6.07, 6.45) is 1.45. The summed E-state index contributed by atoms with van der Waals surface area (Å²) in [5.74, 6) is 0.498. The van der Waals surface area contributed by atoms with Crippen LogP contribution in [0, 0.1) is 11.3 Å². The molecule has 1 aromatic carbocycles. The van der Waals surface area contributed by atoms with Crippen molar-refractivity contribution in [3.63, 3.8) is 0 Å². The molecule has 0 bridgehead atoms. The zero-order valence-electron chi connectivity index (χ0n) is 15.2. The highest BCUT2D eigenvalue weighted by atomic mass is 16.5. The third kappa shape index (κ3) is 5.11. The van der Waals surface area contributed by atoms with Gasteiger partial charge >= 0.3 is 12.0 Å². The van der Waals surface area contributed by atoms with Crippen LogP contribution in [0.15, 0.2) is 24.3 Å². The third-order valence-electron chi connectivity index (χ3n) is 4.63. The van der Waals surface area contributed by atoms with E-state index < -0.39 is 11.4 Å². The Kier molecular flexibility index (Phi) is 6.28. The van der Waals surface area contributed by atoms with Crippen molar-refractivity contribution >= 4 is 12.0 Å². The zero-order valence-corrected chi connectivity index (χ0v) is 15.2. The van der Waals surface area contributed by atoms with Gasteiger partial charge in [-0.3, -0.25) is 4.79 Å². The highest BCUT2D eigenvalue weighted by molar-refractivity contribution is 5.79. The number of urea groups is 1. The first kappa shape index (κ1) is 19.1. The van der Waals surface area contributed by atoms with Gasteiger partial charge in [0.15, 0.2) is 0 Å². The first-order chi connectivity index (χ1) is 11.8. The molecule has 2 amide bonds. The second kappa shape index (κ2) is 8.23. The quantitative estimate of drug-likeness (QED) is 0.793. The minimum absolute atomic E-state index is 0.234. The number of carbonyl (C=O) groups is 2. The maximum absolute atomic E-state index is 12.3. The van der Waals surface area contributed by atoms with Crippen molar-refractivity contribution in [3.05, 3.63) is 29.8 Å². The van der Waals surface area contributed by atoms with Crippen LogP contribution < -0.4 is 10.1 Å². The Morgan fingerprint density at radius 1 is 1.36 bits per heavy atom. The Hall–Kier alpha value is -2.24. The second-order valence-corrected chi connectivity index (χ2v) is 7.33. The van der Waals surface area contributed by atoms with Crippen LogP contribution in [-0.2, 0) is 11.3 Å². The second-order valence-electron chi connectivity index (χ2n) is 7.33. The van der Waals surface area contributed by atoms with Crippen molar-refractivity contribution in [2.45, 2.75) is 40.2 Å². The number of hydrogen-bond donors (Lipinski definition) is 2. The van der Waals surface area contributed by atoms with Gasteiger partial charge in [0.2, 0.25) is 0 Å². The van der Waals surface area contributed by atoms with E-state index >= 15 is 0 Å². The Morgan fingerprint density at radius 3 is 2.72 bits per heavy atom. The third-order valence-corrected chi connectivity index (χ3v) is 4.63. The lowest BCUT2D eigenvalue weighted by Crippen LogP contribution is -2.40. The first-order valence-corrected chi connectivity index (χ1v) is 8.79. The number of benzene rings is 1. The maximum Gasteiger partial charge on any atom is 0.317 e. The number of carboxylic acids is 1. The molecule has 0 radical (unpaired) electrons. The van der Waals surface area contributed by atoms with Gasteiger partial charge in [-0.15, -0.1) is 0 Å². The largest absolute Gasteiger partial charge is 0.493 e. The summed E-state index contributed by atoms with van der Waals surface area (Å²) in [6, 6.07) is 7.42. The molecule has 1 heterocycles. The molecule has 6 heteroatoms. The van der Waals surface area contributed by atoms with Crippen molar-refractivity contribution in [3.8, 4) is 5.75 Å². The topological polar surface area (TPSA) is 78.9 Å². The van der Waals surface area contributed by atoms with Gasteiger partial charge in [0, 0.05) is 25.2 Å². The molecule has 2 N–H and O–H groups in total. The lowest BCUT2D eigenvalue weighted by molar-refractivity contribution is -0.147. The molecule has 25 heavy (non-hydrogen) atoms. The van der Waals surface area contributed by atoms with E-state index in [4.69, 9.17) is 4.74 Å². The Morgan fingerprint density at radius 2 is 2.08 bits per heavy atom. The van der Waals surface area contributed by atoms with E-state index in [0.29, 0.717) is 32.0 Å². The molecule has 0 aliphatic carbocycles. The van der Waals surface area contributed by atoms with Crippen LogP contribution in [0.5, 0.6) is 5.75 Å². The summed E-state index contributed by atoms with van der Waals surface area (Å²) in [5, 5.41) is 12.1. The van der Waals surface area contributed by atoms with Gasteiger partial charge in [-0.2, -0.15) is 0 Å². The zero-order chi connectivity index (χ0) is 18.4. The van der Waals surface area contributed by atoms with Gasteiger partial charge in [-0.1, -0.05) is 32.0 Å². The van der Waals surface area contributed by atoms with E-state index in [0.717, 1.165) is 17.7 Å². The fraction of sp³-hybridized carbons (Fsp3) is 0.579. The van der Waals surface area contributed by atoms with Crippen molar-refractivity contribution in [2.75, 3.05) is 19.7 Å². The molecule has 1 fully saturated rings. The molecule has 0 saturated carbocycles. The van der Waals surface area contributed by atoms with Gasteiger partial charge in [0.1, 0.15) is 5.75 Å². The molecule has 2 rings (SSSR count). The number of ether oxygens (including phenoxy) is 1. The molecule has 1 aliphatic heterocycles. The van der Waals surface area contributed by atoms with Crippen molar-refractivity contribution < 1.29 is 19.4 Å². The number of nitrogens with one attached hydrogen (secondary N) is 1. The number of para-hydroxylation sites is 1. The molecular formula is C19H28N2O4. The molecule has 1 saturated heterocycles. The minimum Gasteiger partial charge on any atom is -0.493 e. The Bertz CT molecular complexity index is 617. The molecule has 138 valence electrons. The van der Waals surface area contributed by atoms with Crippen LogP contribution in [0.3, 0.4) is 0 Å². The fourth-order valence-electron chi connectivity index (χ4n) is 2.79. The fourth-order valence-corrected chi connectivity index (χ4v) is 2.79. The maximum atomic E-state index is 12.3. The standard InChI is InChI=1S/C19H28N2O4/c1-14(2)8-11-25-16-7-5-4-6-15(16)12-20-18(24)21-10-9-19(3,13-21)17(22)23/h4-7,14H,8-13H2,1-3H3,(H,20,24)(H,22,23). The molecule has 0 spiro atoms. The van der Waals surface area contributed by atoms with Crippen molar-refractivity contribution in [2.24, 2.45) is 11.3 Å². The average Bonchev–Trinajstić information content (AvgIpc) is 2.97. The SMILES string of the molecule is CC(C)CCOc1ccccc1CNC(=O)N1CCC(C)(C(=O)O)C1. The van der Waals surface area contributed by atoms with Crippen molar-refractivity contribution in [1.82, 2.24) is 10.2 Å². The molecular weight excluding hydrogens is 320 g/mol. The van der Waals surface area contributed by atoms with Crippen LogP contribution in [0.4, 0.5) is 4.79 Å². The summed E-state index contributed by atoms with van der Waals surface area (Å²) < 4.78 is 5.83. The van der Waals surface area contributed by atoms with Gasteiger partial charge in [0.05, 0.1) is 12.0 Å². The molecule has 1 aromatic rings. The van der Waals surface area contributed by atoms with Crippen LogP contribution in [-0.4, -0.2) is 41.7 Å². The average molecular weight is 348 g/mol. The van der Waals surface area contributed by atoms with Gasteiger partial charge < -0.3 is 20.1 Å². The van der Waals surface area contributed by atoms with E-state index in [9.17, 15) is 14.7 Å². The number of nitrogens with zero attached hydrogens (tertiary/aromatic N) is 1. The molecule has 1 aliphatic rings. The summed E-state index contributed by atoms with van der Waals surface area (Å²) in [6.45, 7) is 7.68. The smallest absolute Gasteiger partial charge is 0.317 e. The van der Waals surface area contributed by atoms with E-state index in [1.807, 2.05) is 24.3 Å². The monoisotopic (exact) mass is 348 g/mol. The summed E-state index contributed by atoms with van der Waals surface area (Å²) >= 11 is 0. The highest BCUT2D eigenvalue weighted by Crippen LogP contribution is 2.30. The first-order valence-electron chi connectivity index (χ1n) is 8.79. The molecule has 1 atom stereocenters. The predicted molar refractivity (Wildman–Crippen MR) is 95.6 cm³/mol. The van der Waals surface area contributed by atoms with Crippen molar-refractivity contribution in [1.29, 1.82) is 0 Å². The van der Waals surface area contributed by atoms with E-state index in [1.165, 1.54) is 0 Å². The van der Waals surface area contributed by atoms with Gasteiger partial charge in [-0.25, -0.2) is 4.79 Å². The number of carbonyl (C=O) groups excluding carboxylic acids is 1. The van der Waals surface area contributed by atoms with Crippen LogP contribution in [0.25, 0.3) is 0 Å². The summed E-state index contributed by atoms with van der Waals surface area (Å²) in [5.41, 5.74) is 0.0645. The highest BCUT2D eigenvalue weighted by Gasteiger charge is 2.42. The van der Waals surface area contributed by atoms with Crippen LogP contribution >= 0.6 is 0 Å². The number of hydrogen-bond acceptors (Lipinski definition) is 3. The summed E-state index contributed by atoms with van der Waals surface area (Å²) in [4.78, 5) is 25.2. The number of aliphatic carboxylic acids is 1. The van der Waals surface area contributed by atoms with E-state index in [2.05, 4.69) is 19.2 Å². The lowest BCUT2D eigenvalue weighted by Gasteiger charge is -2.21. The Balaban J connectivity index is 1.89. The van der Waals surface area contributed by atoms with Crippen LogP contribution in [0.2, 0.25) is 0 Å². The summed E-state index contributed by atoms with van der Waals surface area (Å²) in [7, 11) is 0. The van der Waals surface area contributed by atoms with Gasteiger partial charge in [-0.05, 0) is 31.7 Å². The molecule has 6 nitrogen and oxygen atoms in total.